The van der Waals surface area contributed by atoms with Crippen LogP contribution in [0.15, 0.2) is 46.3 Å². The van der Waals surface area contributed by atoms with Crippen LogP contribution in [0.3, 0.4) is 0 Å². The topological polar surface area (TPSA) is 90.2 Å². The first-order valence-corrected chi connectivity index (χ1v) is 13.3. The van der Waals surface area contributed by atoms with Gasteiger partial charge < -0.3 is 14.0 Å². The van der Waals surface area contributed by atoms with Crippen molar-refractivity contribution in [3.63, 3.8) is 0 Å². The van der Waals surface area contributed by atoms with Gasteiger partial charge in [-0.15, -0.1) is 6.42 Å². The molecule has 0 radical (unpaired) electrons. The standard InChI is InChI=1S/C23H23Cl2N3O5S2/c1-4-11-28-21-19(10-9-18(24)20(21)25)34-23(28)26-22(29)16-5-7-17(8-6-16)35(30,31)27(12-14-32-2)13-15-33-3/h1,5-10H,11-15H2,2-3H3. The van der Waals surface area contributed by atoms with Gasteiger partial charge in [-0.25, -0.2) is 8.42 Å². The molecule has 1 aromatic heterocycles. The average molecular weight is 556 g/mol. The molecule has 12 heteroatoms. The van der Waals surface area contributed by atoms with Gasteiger partial charge in [-0.05, 0) is 36.4 Å². The van der Waals surface area contributed by atoms with Gasteiger partial charge in [-0.2, -0.15) is 9.30 Å². The third-order valence-electron chi connectivity index (χ3n) is 5.01. The number of hydrogen-bond acceptors (Lipinski definition) is 6. The predicted octanol–water partition coefficient (Wildman–Crippen LogP) is 3.67. The molecule has 8 nitrogen and oxygen atoms in total. The Morgan fingerprint density at radius 1 is 1.11 bits per heavy atom. The Morgan fingerprint density at radius 2 is 1.74 bits per heavy atom. The largest absolute Gasteiger partial charge is 0.383 e. The number of nitrogens with zero attached hydrogens (tertiary/aromatic N) is 3. The summed E-state index contributed by atoms with van der Waals surface area (Å²) in [6, 6.07) is 9.04. The SMILES string of the molecule is C#CCn1c(=NC(=O)c2ccc(S(=O)(=O)N(CCOC)CCOC)cc2)sc2ccc(Cl)c(Cl)c21. The zero-order chi connectivity index (χ0) is 25.6. The van der Waals surface area contributed by atoms with Crippen molar-refractivity contribution >= 4 is 60.7 Å². The van der Waals surface area contributed by atoms with Crippen molar-refractivity contribution < 1.29 is 22.7 Å². The van der Waals surface area contributed by atoms with Gasteiger partial charge in [-0.3, -0.25) is 4.79 Å². The fraction of sp³-hybridized carbons (Fsp3) is 0.304. The second kappa shape index (κ2) is 12.1. The molecule has 0 atom stereocenters. The number of hydrogen-bond donors (Lipinski definition) is 0. The van der Waals surface area contributed by atoms with Crippen molar-refractivity contribution in [1.82, 2.24) is 8.87 Å². The highest BCUT2D eigenvalue weighted by atomic mass is 35.5. The quantitative estimate of drug-likeness (QED) is 0.356. The highest BCUT2D eigenvalue weighted by molar-refractivity contribution is 7.89. The first kappa shape index (κ1) is 27.4. The maximum atomic E-state index is 13.1. The molecule has 0 aliphatic carbocycles. The van der Waals surface area contributed by atoms with Gasteiger partial charge >= 0.3 is 0 Å². The van der Waals surface area contributed by atoms with Crippen LogP contribution in [0.25, 0.3) is 10.2 Å². The third-order valence-corrected chi connectivity index (χ3v) is 8.76. The summed E-state index contributed by atoms with van der Waals surface area (Å²) in [7, 11) is -0.812. The number of ether oxygens (including phenoxy) is 2. The lowest BCUT2D eigenvalue weighted by atomic mass is 10.2. The summed E-state index contributed by atoms with van der Waals surface area (Å²) in [6.45, 7) is 0.959. The van der Waals surface area contributed by atoms with Gasteiger partial charge in [0.1, 0.15) is 0 Å². The second-order valence-corrected chi connectivity index (χ2v) is 10.9. The van der Waals surface area contributed by atoms with Gasteiger partial charge in [0, 0.05) is 32.9 Å². The minimum Gasteiger partial charge on any atom is -0.383 e. The Bertz CT molecular complexity index is 1420. The fourth-order valence-corrected chi connectivity index (χ4v) is 6.15. The van der Waals surface area contributed by atoms with E-state index in [2.05, 4.69) is 10.9 Å². The highest BCUT2D eigenvalue weighted by Gasteiger charge is 2.24. The lowest BCUT2D eigenvalue weighted by molar-refractivity contribution is 0.0998. The van der Waals surface area contributed by atoms with E-state index >= 15 is 0 Å². The summed E-state index contributed by atoms with van der Waals surface area (Å²) in [5.74, 6) is 1.98. The predicted molar refractivity (Wildman–Crippen MR) is 138 cm³/mol. The van der Waals surface area contributed by atoms with Crippen molar-refractivity contribution in [3.8, 4) is 12.3 Å². The molecule has 0 aliphatic rings. The molecule has 3 rings (SSSR count). The van der Waals surface area contributed by atoms with Crippen LogP contribution in [-0.2, 0) is 26.0 Å². The van der Waals surface area contributed by atoms with E-state index in [1.54, 1.807) is 16.7 Å². The number of aromatic nitrogens is 1. The lowest BCUT2D eigenvalue weighted by Crippen LogP contribution is -2.36. The van der Waals surface area contributed by atoms with Gasteiger partial charge in [0.25, 0.3) is 5.91 Å². The zero-order valence-electron chi connectivity index (χ0n) is 19.0. The van der Waals surface area contributed by atoms with Crippen molar-refractivity contribution in [2.45, 2.75) is 11.4 Å². The van der Waals surface area contributed by atoms with Crippen LogP contribution in [0.4, 0.5) is 0 Å². The molecule has 0 aliphatic heterocycles. The number of carbonyl (C=O) groups excluding carboxylic acids is 1. The summed E-state index contributed by atoms with van der Waals surface area (Å²) in [5.41, 5.74) is 0.820. The van der Waals surface area contributed by atoms with Crippen LogP contribution in [0.5, 0.6) is 0 Å². The summed E-state index contributed by atoms with van der Waals surface area (Å²) in [5, 5.41) is 0.688. The Balaban J connectivity index is 1.95. The number of rotatable bonds is 10. The first-order valence-electron chi connectivity index (χ1n) is 10.3. The summed E-state index contributed by atoms with van der Waals surface area (Å²) in [6.07, 6.45) is 5.51. The first-order chi connectivity index (χ1) is 16.7. The van der Waals surface area contributed by atoms with Crippen molar-refractivity contribution in [1.29, 1.82) is 0 Å². The number of thiazole rings is 1. The van der Waals surface area contributed by atoms with Gasteiger partial charge in [0.05, 0.1) is 44.9 Å². The van der Waals surface area contributed by atoms with Crippen LogP contribution in [0, 0.1) is 12.3 Å². The maximum absolute atomic E-state index is 13.1. The zero-order valence-corrected chi connectivity index (χ0v) is 22.2. The van der Waals surface area contributed by atoms with E-state index in [4.69, 9.17) is 39.1 Å². The molecule has 0 bridgehead atoms. The number of fused-ring (bicyclic) bond motifs is 1. The molecule has 35 heavy (non-hydrogen) atoms. The fourth-order valence-electron chi connectivity index (χ4n) is 3.23. The normalized spacial score (nSPS) is 12.4. The number of halogens is 2. The van der Waals surface area contributed by atoms with Crippen LogP contribution < -0.4 is 4.80 Å². The molecule has 2 aromatic carbocycles. The van der Waals surface area contributed by atoms with E-state index in [-0.39, 0.29) is 43.3 Å². The van der Waals surface area contributed by atoms with E-state index in [1.807, 2.05) is 0 Å². The molecule has 0 fully saturated rings. The number of benzene rings is 2. The molecule has 0 unspecified atom stereocenters. The van der Waals surface area contributed by atoms with E-state index in [0.717, 1.165) is 4.70 Å². The summed E-state index contributed by atoms with van der Waals surface area (Å²) >= 11 is 13.8. The second-order valence-electron chi connectivity index (χ2n) is 7.21. The van der Waals surface area contributed by atoms with Crippen LogP contribution in [-0.4, -0.2) is 63.7 Å². The van der Waals surface area contributed by atoms with Crippen molar-refractivity contribution in [2.75, 3.05) is 40.5 Å². The van der Waals surface area contributed by atoms with Crippen molar-refractivity contribution in [2.24, 2.45) is 4.99 Å². The Hall–Kier alpha value is -2.23. The Morgan fingerprint density at radius 3 is 2.31 bits per heavy atom. The van der Waals surface area contributed by atoms with Crippen LogP contribution >= 0.6 is 34.5 Å². The molecular formula is C23H23Cl2N3O5S2. The highest BCUT2D eigenvalue weighted by Crippen LogP contribution is 2.32. The summed E-state index contributed by atoms with van der Waals surface area (Å²) in [4.78, 5) is 17.5. The maximum Gasteiger partial charge on any atom is 0.279 e. The molecule has 1 heterocycles. The minimum absolute atomic E-state index is 0.0481. The lowest BCUT2D eigenvalue weighted by Gasteiger charge is -2.21. The number of amides is 1. The van der Waals surface area contributed by atoms with Gasteiger partial charge in [-0.1, -0.05) is 40.5 Å². The molecular weight excluding hydrogens is 533 g/mol. The number of methoxy groups -OCH3 is 2. The molecule has 3 aromatic rings. The smallest absolute Gasteiger partial charge is 0.279 e. The van der Waals surface area contributed by atoms with E-state index in [9.17, 15) is 13.2 Å². The van der Waals surface area contributed by atoms with Gasteiger partial charge in [0.2, 0.25) is 10.0 Å². The number of carbonyl (C=O) groups is 1. The average Bonchev–Trinajstić information content (AvgIpc) is 3.19. The van der Waals surface area contributed by atoms with E-state index in [0.29, 0.717) is 20.4 Å². The molecule has 0 saturated heterocycles. The summed E-state index contributed by atoms with van der Waals surface area (Å²) < 4.78 is 39.8. The Kier molecular flexibility index (Phi) is 9.49. The minimum atomic E-state index is -3.81. The number of terminal acetylenes is 1. The molecule has 0 saturated carbocycles. The molecule has 1 amide bonds. The molecule has 0 N–H and O–H groups in total. The van der Waals surface area contributed by atoms with E-state index in [1.165, 1.54) is 54.1 Å². The van der Waals surface area contributed by atoms with Crippen molar-refractivity contribution in [3.05, 3.63) is 56.8 Å². The van der Waals surface area contributed by atoms with Crippen LogP contribution in [0.2, 0.25) is 10.0 Å². The third kappa shape index (κ3) is 6.13. The molecule has 0 spiro atoms. The van der Waals surface area contributed by atoms with E-state index < -0.39 is 15.9 Å². The molecule has 186 valence electrons. The number of sulfonamides is 1. The van der Waals surface area contributed by atoms with Gasteiger partial charge in [0.15, 0.2) is 4.80 Å². The monoisotopic (exact) mass is 555 g/mol. The Labute approximate surface area is 217 Å². The van der Waals surface area contributed by atoms with Crippen LogP contribution in [0.1, 0.15) is 10.4 Å².